The third-order valence-electron chi connectivity index (χ3n) is 3.04. The first kappa shape index (κ1) is 17.1. The van der Waals surface area contributed by atoms with Gasteiger partial charge in [-0.15, -0.1) is 0 Å². The Morgan fingerprint density at radius 3 is 2.42 bits per heavy atom. The number of benzene rings is 1. The van der Waals surface area contributed by atoms with Crippen LogP contribution in [-0.2, 0) is 9.47 Å². The van der Waals surface area contributed by atoms with Gasteiger partial charge < -0.3 is 9.47 Å². The number of carbonyl (C=O) groups is 2. The predicted octanol–water partition coefficient (Wildman–Crippen LogP) is 2.13. The molecule has 1 aromatic carbocycles. The van der Waals surface area contributed by atoms with Gasteiger partial charge in [-0.3, -0.25) is 10.1 Å². The molecule has 9 nitrogen and oxygen atoms in total. The number of nitro groups is 1. The molecule has 0 amide bonds. The number of rotatable bonds is 6. The number of para-hydroxylation sites is 2. The average Bonchev–Trinajstić information content (AvgIpc) is 3.00. The van der Waals surface area contributed by atoms with Gasteiger partial charge in [0.1, 0.15) is 11.3 Å². The summed E-state index contributed by atoms with van der Waals surface area (Å²) in [7, 11) is 0. The van der Waals surface area contributed by atoms with E-state index in [1.165, 1.54) is 18.2 Å². The van der Waals surface area contributed by atoms with Gasteiger partial charge in [0.15, 0.2) is 5.69 Å². The highest BCUT2D eigenvalue weighted by Gasteiger charge is 2.28. The molecule has 126 valence electrons. The summed E-state index contributed by atoms with van der Waals surface area (Å²) in [6.07, 6.45) is 1.13. The predicted molar refractivity (Wildman–Crippen MR) is 82.1 cm³/mol. The zero-order valence-corrected chi connectivity index (χ0v) is 13.1. The maximum Gasteiger partial charge on any atom is 0.357 e. The molecule has 0 fully saturated rings. The van der Waals surface area contributed by atoms with Crippen LogP contribution in [0.3, 0.4) is 0 Å². The van der Waals surface area contributed by atoms with Crippen LogP contribution in [0.25, 0.3) is 5.69 Å². The minimum Gasteiger partial charge on any atom is -0.462 e. The number of aromatic nitrogens is 2. The van der Waals surface area contributed by atoms with Crippen molar-refractivity contribution in [1.82, 2.24) is 9.78 Å². The van der Waals surface area contributed by atoms with Crippen LogP contribution in [-0.4, -0.2) is 39.9 Å². The van der Waals surface area contributed by atoms with E-state index < -0.39 is 16.9 Å². The van der Waals surface area contributed by atoms with Gasteiger partial charge in [-0.1, -0.05) is 12.1 Å². The summed E-state index contributed by atoms with van der Waals surface area (Å²) in [4.78, 5) is 34.9. The lowest BCUT2D eigenvalue weighted by Crippen LogP contribution is -2.17. The highest BCUT2D eigenvalue weighted by Crippen LogP contribution is 2.25. The van der Waals surface area contributed by atoms with Crippen LogP contribution < -0.4 is 0 Å². The Balaban J connectivity index is 2.65. The molecular weight excluding hydrogens is 318 g/mol. The first-order valence-electron chi connectivity index (χ1n) is 7.17. The van der Waals surface area contributed by atoms with Crippen molar-refractivity contribution in [3.8, 4) is 5.69 Å². The van der Waals surface area contributed by atoms with Gasteiger partial charge >= 0.3 is 11.9 Å². The first-order chi connectivity index (χ1) is 11.5. The molecule has 0 aliphatic rings. The van der Waals surface area contributed by atoms with Crippen molar-refractivity contribution in [1.29, 1.82) is 0 Å². The summed E-state index contributed by atoms with van der Waals surface area (Å²) in [6, 6.07) is 5.74. The molecule has 24 heavy (non-hydrogen) atoms. The third-order valence-corrected chi connectivity index (χ3v) is 3.04. The van der Waals surface area contributed by atoms with Crippen LogP contribution in [0.4, 0.5) is 5.69 Å². The van der Waals surface area contributed by atoms with Crippen molar-refractivity contribution < 1.29 is 24.0 Å². The molecule has 0 bridgehead atoms. The molecule has 0 saturated carbocycles. The zero-order valence-electron chi connectivity index (χ0n) is 13.1. The summed E-state index contributed by atoms with van der Waals surface area (Å²) in [5.74, 6) is -1.58. The van der Waals surface area contributed by atoms with Gasteiger partial charge in [0.05, 0.1) is 24.3 Å². The van der Waals surface area contributed by atoms with E-state index in [0.717, 1.165) is 10.9 Å². The molecule has 2 aromatic rings. The van der Waals surface area contributed by atoms with Crippen LogP contribution in [0.2, 0.25) is 0 Å². The maximum absolute atomic E-state index is 12.2. The average molecular weight is 333 g/mol. The highest BCUT2D eigenvalue weighted by atomic mass is 16.6. The van der Waals surface area contributed by atoms with Gasteiger partial charge in [0.25, 0.3) is 5.69 Å². The minimum atomic E-state index is -0.823. The van der Waals surface area contributed by atoms with Crippen molar-refractivity contribution in [2.45, 2.75) is 13.8 Å². The summed E-state index contributed by atoms with van der Waals surface area (Å²) >= 11 is 0. The molecule has 0 radical (unpaired) electrons. The lowest BCUT2D eigenvalue weighted by Gasteiger charge is -2.09. The van der Waals surface area contributed by atoms with Gasteiger partial charge in [-0.25, -0.2) is 14.3 Å². The second-order valence-electron chi connectivity index (χ2n) is 4.51. The van der Waals surface area contributed by atoms with Crippen LogP contribution in [0, 0.1) is 10.1 Å². The number of nitrogens with zero attached hydrogens (tertiary/aromatic N) is 3. The van der Waals surface area contributed by atoms with Gasteiger partial charge in [0, 0.05) is 6.07 Å². The normalized spacial score (nSPS) is 10.2. The lowest BCUT2D eigenvalue weighted by molar-refractivity contribution is -0.384. The van der Waals surface area contributed by atoms with E-state index in [1.807, 2.05) is 0 Å². The van der Waals surface area contributed by atoms with E-state index in [1.54, 1.807) is 19.9 Å². The van der Waals surface area contributed by atoms with Gasteiger partial charge in [-0.2, -0.15) is 5.10 Å². The van der Waals surface area contributed by atoms with Crippen LogP contribution in [0.15, 0.2) is 30.5 Å². The summed E-state index contributed by atoms with van der Waals surface area (Å²) < 4.78 is 10.8. The summed E-state index contributed by atoms with van der Waals surface area (Å²) in [6.45, 7) is 3.41. The maximum atomic E-state index is 12.2. The zero-order chi connectivity index (χ0) is 17.7. The SMILES string of the molecule is CCOC(=O)c1cnn(-c2ccccc2[N+](=O)[O-])c1C(=O)OCC. The van der Waals surface area contributed by atoms with Crippen molar-refractivity contribution in [3.63, 3.8) is 0 Å². The van der Waals surface area contributed by atoms with E-state index in [4.69, 9.17) is 9.47 Å². The summed E-state index contributed by atoms with van der Waals surface area (Å²) in [5.41, 5.74) is -0.555. The van der Waals surface area contributed by atoms with E-state index in [9.17, 15) is 19.7 Å². The van der Waals surface area contributed by atoms with E-state index in [0.29, 0.717) is 0 Å². The van der Waals surface area contributed by atoms with Crippen LogP contribution in [0.5, 0.6) is 0 Å². The Morgan fingerprint density at radius 1 is 1.17 bits per heavy atom. The third kappa shape index (κ3) is 3.24. The molecule has 0 aliphatic carbocycles. The van der Waals surface area contributed by atoms with Gasteiger partial charge in [0.2, 0.25) is 0 Å². The molecule has 9 heteroatoms. The van der Waals surface area contributed by atoms with Crippen molar-refractivity contribution in [2.75, 3.05) is 13.2 Å². The summed E-state index contributed by atoms with van der Waals surface area (Å²) in [5, 5.41) is 15.1. The largest absolute Gasteiger partial charge is 0.462 e. The van der Waals surface area contributed by atoms with E-state index in [-0.39, 0.29) is 35.8 Å². The fourth-order valence-corrected chi connectivity index (χ4v) is 2.08. The van der Waals surface area contributed by atoms with Crippen LogP contribution in [0.1, 0.15) is 34.7 Å². The number of esters is 2. The smallest absolute Gasteiger partial charge is 0.357 e. The van der Waals surface area contributed by atoms with Crippen molar-refractivity contribution in [3.05, 3.63) is 51.8 Å². The molecule has 0 unspecified atom stereocenters. The Labute approximate surface area is 136 Å². The second kappa shape index (κ2) is 7.36. The molecular formula is C15H15N3O6. The number of hydrogen-bond acceptors (Lipinski definition) is 7. The molecule has 2 rings (SSSR count). The standard InChI is InChI=1S/C15H15N3O6/c1-3-23-14(19)10-9-16-17(13(10)15(20)24-4-2)11-7-5-6-8-12(11)18(21)22/h5-9H,3-4H2,1-2H3. The molecule has 0 N–H and O–H groups in total. The van der Waals surface area contributed by atoms with E-state index in [2.05, 4.69) is 5.10 Å². The Morgan fingerprint density at radius 2 is 1.79 bits per heavy atom. The molecule has 0 saturated heterocycles. The number of hydrogen-bond donors (Lipinski definition) is 0. The highest BCUT2D eigenvalue weighted by molar-refractivity contribution is 6.02. The van der Waals surface area contributed by atoms with E-state index >= 15 is 0 Å². The molecule has 1 aromatic heterocycles. The monoisotopic (exact) mass is 333 g/mol. The Bertz CT molecular complexity index is 783. The lowest BCUT2D eigenvalue weighted by atomic mass is 10.2. The first-order valence-corrected chi connectivity index (χ1v) is 7.17. The topological polar surface area (TPSA) is 114 Å². The number of carbonyl (C=O) groups excluding carboxylic acids is 2. The minimum absolute atomic E-state index is 0.0427. The number of nitro benzene ring substituents is 1. The second-order valence-corrected chi connectivity index (χ2v) is 4.51. The van der Waals surface area contributed by atoms with Crippen molar-refractivity contribution >= 4 is 17.6 Å². The molecule has 1 heterocycles. The number of ether oxygens (including phenoxy) is 2. The fraction of sp³-hybridized carbons (Fsp3) is 0.267. The Kier molecular flexibility index (Phi) is 5.25. The van der Waals surface area contributed by atoms with Crippen LogP contribution >= 0.6 is 0 Å². The van der Waals surface area contributed by atoms with Crippen molar-refractivity contribution in [2.24, 2.45) is 0 Å². The quantitative estimate of drug-likeness (QED) is 0.452. The molecule has 0 atom stereocenters. The molecule has 0 spiro atoms. The fourth-order valence-electron chi connectivity index (χ4n) is 2.08. The molecule has 0 aliphatic heterocycles. The van der Waals surface area contributed by atoms with Gasteiger partial charge in [-0.05, 0) is 19.9 Å². The Hall–Kier alpha value is -3.23.